The van der Waals surface area contributed by atoms with Crippen molar-refractivity contribution in [2.75, 3.05) is 13.7 Å². The van der Waals surface area contributed by atoms with Gasteiger partial charge in [0.1, 0.15) is 5.75 Å². The topological polar surface area (TPSA) is 56.5 Å². The van der Waals surface area contributed by atoms with E-state index in [0.29, 0.717) is 6.10 Å². The second-order valence-corrected chi connectivity index (χ2v) is 6.09. The summed E-state index contributed by atoms with van der Waals surface area (Å²) in [5, 5.41) is 0. The Morgan fingerprint density at radius 3 is 3.05 bits per heavy atom. The fraction of sp³-hybridized carbons (Fsp3) is 0.600. The van der Waals surface area contributed by atoms with Gasteiger partial charge in [-0.15, -0.1) is 0 Å². The van der Waals surface area contributed by atoms with Crippen molar-refractivity contribution < 1.29 is 9.47 Å². The van der Waals surface area contributed by atoms with E-state index < -0.39 is 0 Å². The van der Waals surface area contributed by atoms with Gasteiger partial charge in [0.15, 0.2) is 0 Å². The van der Waals surface area contributed by atoms with Gasteiger partial charge in [-0.1, -0.05) is 22.0 Å². The molecule has 4 nitrogen and oxygen atoms in total. The van der Waals surface area contributed by atoms with Gasteiger partial charge >= 0.3 is 0 Å². The molecule has 2 unspecified atom stereocenters. The SMILES string of the molecule is COc1cc(Br)ccc1C(CCCC1CCCO1)NN. The lowest BCUT2D eigenvalue weighted by atomic mass is 9.99. The number of benzene rings is 1. The molecule has 2 atom stereocenters. The zero-order chi connectivity index (χ0) is 14.4. The first-order valence-corrected chi connectivity index (χ1v) is 7.95. The maximum absolute atomic E-state index is 5.71. The number of rotatable bonds is 7. The minimum Gasteiger partial charge on any atom is -0.496 e. The molecule has 0 bridgehead atoms. The first kappa shape index (κ1) is 15.8. The summed E-state index contributed by atoms with van der Waals surface area (Å²) in [6, 6.07) is 6.15. The molecule has 0 aromatic heterocycles. The van der Waals surface area contributed by atoms with E-state index in [2.05, 4.69) is 27.4 Å². The summed E-state index contributed by atoms with van der Waals surface area (Å²) in [4.78, 5) is 0. The number of hydrogen-bond donors (Lipinski definition) is 2. The number of ether oxygens (including phenoxy) is 2. The van der Waals surface area contributed by atoms with Crippen molar-refractivity contribution in [1.29, 1.82) is 0 Å². The number of nitrogens with one attached hydrogen (secondary N) is 1. The number of hydrazine groups is 1. The lowest BCUT2D eigenvalue weighted by Gasteiger charge is -2.20. The Kier molecular flexibility index (Phi) is 6.29. The van der Waals surface area contributed by atoms with Gasteiger partial charge in [-0.2, -0.15) is 0 Å². The van der Waals surface area contributed by atoms with E-state index in [4.69, 9.17) is 15.3 Å². The summed E-state index contributed by atoms with van der Waals surface area (Å²) < 4.78 is 12.1. The maximum Gasteiger partial charge on any atom is 0.124 e. The molecule has 0 spiro atoms. The molecule has 1 aliphatic heterocycles. The average molecular weight is 343 g/mol. The first-order chi connectivity index (χ1) is 9.74. The molecule has 5 heteroatoms. The van der Waals surface area contributed by atoms with E-state index in [1.807, 2.05) is 12.1 Å². The van der Waals surface area contributed by atoms with Crippen molar-refractivity contribution in [3.05, 3.63) is 28.2 Å². The lowest BCUT2D eigenvalue weighted by Crippen LogP contribution is -2.28. The molecular weight excluding hydrogens is 320 g/mol. The van der Waals surface area contributed by atoms with Gasteiger partial charge in [-0.3, -0.25) is 11.3 Å². The van der Waals surface area contributed by atoms with Crippen molar-refractivity contribution in [1.82, 2.24) is 5.43 Å². The van der Waals surface area contributed by atoms with Gasteiger partial charge in [-0.25, -0.2) is 0 Å². The number of hydrogen-bond acceptors (Lipinski definition) is 4. The van der Waals surface area contributed by atoms with Crippen LogP contribution in [0.15, 0.2) is 22.7 Å². The van der Waals surface area contributed by atoms with Crippen LogP contribution in [0.4, 0.5) is 0 Å². The van der Waals surface area contributed by atoms with E-state index in [-0.39, 0.29) is 6.04 Å². The zero-order valence-corrected chi connectivity index (χ0v) is 13.5. The minimum atomic E-state index is 0.111. The minimum absolute atomic E-state index is 0.111. The van der Waals surface area contributed by atoms with Crippen molar-refractivity contribution in [2.45, 2.75) is 44.2 Å². The third-order valence-corrected chi connectivity index (χ3v) is 4.31. The molecule has 1 aromatic rings. The van der Waals surface area contributed by atoms with E-state index in [0.717, 1.165) is 41.7 Å². The second kappa shape index (κ2) is 7.98. The van der Waals surface area contributed by atoms with Gasteiger partial charge in [0.25, 0.3) is 0 Å². The highest BCUT2D eigenvalue weighted by Crippen LogP contribution is 2.31. The number of nitrogens with two attached hydrogens (primary N) is 1. The Bertz CT molecular complexity index is 422. The highest BCUT2D eigenvalue weighted by Gasteiger charge is 2.18. The van der Waals surface area contributed by atoms with Crippen molar-refractivity contribution in [2.24, 2.45) is 5.84 Å². The van der Waals surface area contributed by atoms with Crippen molar-refractivity contribution in [3.8, 4) is 5.75 Å². The monoisotopic (exact) mass is 342 g/mol. The molecule has 20 heavy (non-hydrogen) atoms. The van der Waals surface area contributed by atoms with Crippen molar-refractivity contribution >= 4 is 15.9 Å². The van der Waals surface area contributed by atoms with Gasteiger partial charge in [0, 0.05) is 22.7 Å². The summed E-state index contributed by atoms with van der Waals surface area (Å²) in [5.41, 5.74) is 4.00. The van der Waals surface area contributed by atoms with Gasteiger partial charge in [0.2, 0.25) is 0 Å². The summed E-state index contributed by atoms with van der Waals surface area (Å²) in [5.74, 6) is 6.57. The zero-order valence-electron chi connectivity index (χ0n) is 11.9. The van der Waals surface area contributed by atoms with Crippen LogP contribution in [0, 0.1) is 0 Å². The summed E-state index contributed by atoms with van der Waals surface area (Å²) >= 11 is 3.46. The largest absolute Gasteiger partial charge is 0.496 e. The predicted molar refractivity (Wildman–Crippen MR) is 83.6 cm³/mol. The molecule has 0 aliphatic carbocycles. The Morgan fingerprint density at radius 2 is 2.40 bits per heavy atom. The van der Waals surface area contributed by atoms with Crippen LogP contribution >= 0.6 is 15.9 Å². The molecule has 0 radical (unpaired) electrons. The average Bonchev–Trinajstić information content (AvgIpc) is 2.97. The lowest BCUT2D eigenvalue weighted by molar-refractivity contribution is 0.101. The van der Waals surface area contributed by atoms with Crippen LogP contribution in [0.3, 0.4) is 0 Å². The highest BCUT2D eigenvalue weighted by atomic mass is 79.9. The van der Waals surface area contributed by atoms with E-state index in [1.54, 1.807) is 7.11 Å². The predicted octanol–water partition coefficient (Wildman–Crippen LogP) is 3.31. The van der Waals surface area contributed by atoms with Crippen LogP contribution in [-0.2, 0) is 4.74 Å². The fourth-order valence-corrected chi connectivity index (χ4v) is 3.06. The van der Waals surface area contributed by atoms with Crippen LogP contribution in [0.5, 0.6) is 5.75 Å². The molecule has 0 saturated carbocycles. The normalized spacial score (nSPS) is 20.1. The Morgan fingerprint density at radius 1 is 1.55 bits per heavy atom. The van der Waals surface area contributed by atoms with Crippen LogP contribution < -0.4 is 16.0 Å². The van der Waals surface area contributed by atoms with Crippen LogP contribution in [0.1, 0.15) is 43.7 Å². The molecule has 112 valence electrons. The Hall–Kier alpha value is -0.620. The Balaban J connectivity index is 1.93. The summed E-state index contributed by atoms with van der Waals surface area (Å²) in [6.45, 7) is 0.920. The second-order valence-electron chi connectivity index (χ2n) is 5.17. The third-order valence-electron chi connectivity index (χ3n) is 3.82. The van der Waals surface area contributed by atoms with Gasteiger partial charge in [-0.05, 0) is 44.2 Å². The molecule has 1 saturated heterocycles. The van der Waals surface area contributed by atoms with E-state index in [1.165, 1.54) is 12.8 Å². The molecule has 0 amide bonds. The summed E-state index contributed by atoms with van der Waals surface area (Å²) in [6.07, 6.45) is 6.02. The third kappa shape index (κ3) is 4.19. The number of methoxy groups -OCH3 is 1. The fourth-order valence-electron chi connectivity index (χ4n) is 2.72. The standard InChI is InChI=1S/C15H23BrN2O2/c1-19-15-10-11(16)7-8-13(15)14(18-17)6-2-4-12-5-3-9-20-12/h7-8,10,12,14,18H,2-6,9,17H2,1H3. The van der Waals surface area contributed by atoms with E-state index in [9.17, 15) is 0 Å². The summed E-state index contributed by atoms with van der Waals surface area (Å²) in [7, 11) is 1.69. The van der Waals surface area contributed by atoms with Crippen LogP contribution in [-0.4, -0.2) is 19.8 Å². The molecule has 1 fully saturated rings. The maximum atomic E-state index is 5.71. The van der Waals surface area contributed by atoms with E-state index >= 15 is 0 Å². The molecule has 1 aliphatic rings. The first-order valence-electron chi connectivity index (χ1n) is 7.15. The molecule has 3 N–H and O–H groups in total. The Labute approximate surface area is 129 Å². The molecule has 1 aromatic carbocycles. The van der Waals surface area contributed by atoms with Gasteiger partial charge in [0.05, 0.1) is 13.2 Å². The van der Waals surface area contributed by atoms with Crippen LogP contribution in [0.25, 0.3) is 0 Å². The molecule has 1 heterocycles. The van der Waals surface area contributed by atoms with Crippen molar-refractivity contribution in [3.63, 3.8) is 0 Å². The van der Waals surface area contributed by atoms with Gasteiger partial charge < -0.3 is 9.47 Å². The molecular formula is C15H23BrN2O2. The van der Waals surface area contributed by atoms with Crippen LogP contribution in [0.2, 0.25) is 0 Å². The number of halogens is 1. The molecule has 2 rings (SSSR count). The smallest absolute Gasteiger partial charge is 0.124 e. The highest BCUT2D eigenvalue weighted by molar-refractivity contribution is 9.10. The quantitative estimate of drug-likeness (QED) is 0.589.